The van der Waals surface area contributed by atoms with Crippen molar-refractivity contribution in [3.8, 4) is 0 Å². The Kier molecular flexibility index (Phi) is 4.87. The summed E-state index contributed by atoms with van der Waals surface area (Å²) in [6, 6.07) is 5.41. The molecular weight excluding hydrogens is 328 g/mol. The summed E-state index contributed by atoms with van der Waals surface area (Å²) >= 11 is 0. The molecule has 3 rings (SSSR count). The van der Waals surface area contributed by atoms with Crippen molar-refractivity contribution in [3.63, 3.8) is 0 Å². The third kappa shape index (κ3) is 3.42. The predicted octanol–water partition coefficient (Wildman–Crippen LogP) is 1.40. The number of hydrogen-bond acceptors (Lipinski definition) is 6. The third-order valence-corrected chi connectivity index (χ3v) is 3.95. The fraction of sp³-hybridized carbons (Fsp3) is 0.353. The van der Waals surface area contributed by atoms with E-state index in [4.69, 9.17) is 13.6 Å². The van der Waals surface area contributed by atoms with Gasteiger partial charge in [-0.25, -0.2) is 4.79 Å². The molecule has 0 saturated carbocycles. The number of hydrogen-bond donors (Lipinski definition) is 0. The molecule has 0 unspecified atom stereocenters. The Morgan fingerprint density at radius 3 is 2.28 bits per heavy atom. The lowest BCUT2D eigenvalue weighted by molar-refractivity contribution is -0.150. The molecule has 1 aliphatic heterocycles. The van der Waals surface area contributed by atoms with Crippen LogP contribution in [0.4, 0.5) is 0 Å². The largest absolute Gasteiger partial charge is 0.464 e. The van der Waals surface area contributed by atoms with Gasteiger partial charge in [0.1, 0.15) is 6.04 Å². The summed E-state index contributed by atoms with van der Waals surface area (Å²) in [5.74, 6) is -0.967. The van der Waals surface area contributed by atoms with Gasteiger partial charge in [0, 0.05) is 13.1 Å². The number of esters is 1. The molecule has 2 aromatic heterocycles. The van der Waals surface area contributed by atoms with Crippen molar-refractivity contribution in [2.45, 2.75) is 13.0 Å². The molecule has 3 heterocycles. The van der Waals surface area contributed by atoms with Gasteiger partial charge in [-0.05, 0) is 31.2 Å². The number of furan rings is 2. The van der Waals surface area contributed by atoms with Crippen LogP contribution in [0.2, 0.25) is 0 Å². The van der Waals surface area contributed by atoms with Crippen molar-refractivity contribution in [2.75, 3.05) is 26.2 Å². The summed E-state index contributed by atoms with van der Waals surface area (Å²) in [6.07, 6.45) is 2.80. The third-order valence-electron chi connectivity index (χ3n) is 3.95. The standard InChI is InChI=1S/C17H18N2O6/c1-2-23-17(22)12-11-18(15(20)13-5-3-9-24-13)7-8-19(12)16(21)14-6-4-10-25-14/h3-6,9-10,12H,2,7-8,11H2,1H3/t12-/m1/s1. The topological polar surface area (TPSA) is 93.2 Å². The van der Waals surface area contributed by atoms with Crippen molar-refractivity contribution in [1.82, 2.24) is 9.80 Å². The van der Waals surface area contributed by atoms with Crippen molar-refractivity contribution < 1.29 is 28.0 Å². The zero-order valence-corrected chi connectivity index (χ0v) is 13.7. The lowest BCUT2D eigenvalue weighted by Gasteiger charge is -2.39. The summed E-state index contributed by atoms with van der Waals surface area (Å²) in [5, 5.41) is 0. The van der Waals surface area contributed by atoms with Crippen LogP contribution in [0.15, 0.2) is 45.6 Å². The van der Waals surface area contributed by atoms with Crippen LogP contribution in [0.25, 0.3) is 0 Å². The van der Waals surface area contributed by atoms with Gasteiger partial charge >= 0.3 is 5.97 Å². The average Bonchev–Trinajstić information content (AvgIpc) is 3.33. The first-order valence-electron chi connectivity index (χ1n) is 7.95. The number of nitrogens with zero attached hydrogens (tertiary/aromatic N) is 2. The Bertz CT molecular complexity index is 737. The number of amides is 2. The van der Waals surface area contributed by atoms with Gasteiger partial charge in [0.25, 0.3) is 11.8 Å². The molecule has 1 saturated heterocycles. The van der Waals surface area contributed by atoms with Crippen molar-refractivity contribution in [3.05, 3.63) is 48.3 Å². The summed E-state index contributed by atoms with van der Waals surface area (Å²) in [4.78, 5) is 40.2. The van der Waals surface area contributed by atoms with Gasteiger partial charge in [-0.15, -0.1) is 0 Å². The van der Waals surface area contributed by atoms with Crippen LogP contribution < -0.4 is 0 Å². The quantitative estimate of drug-likeness (QED) is 0.777. The van der Waals surface area contributed by atoms with E-state index in [1.165, 1.54) is 28.4 Å². The Morgan fingerprint density at radius 2 is 1.72 bits per heavy atom. The molecule has 132 valence electrons. The Labute approximate surface area is 143 Å². The molecule has 1 atom stereocenters. The molecule has 2 aromatic rings. The smallest absolute Gasteiger partial charge is 0.330 e. The summed E-state index contributed by atoms with van der Waals surface area (Å²) < 4.78 is 15.3. The van der Waals surface area contributed by atoms with Gasteiger partial charge in [0.05, 0.1) is 25.7 Å². The van der Waals surface area contributed by atoms with Gasteiger partial charge in [-0.1, -0.05) is 0 Å². The first-order valence-corrected chi connectivity index (χ1v) is 7.95. The molecule has 25 heavy (non-hydrogen) atoms. The van der Waals surface area contributed by atoms with Crippen LogP contribution in [0.5, 0.6) is 0 Å². The van der Waals surface area contributed by atoms with Crippen LogP contribution in [-0.4, -0.2) is 59.9 Å². The zero-order valence-electron chi connectivity index (χ0n) is 13.7. The number of ether oxygens (including phenoxy) is 1. The van der Waals surface area contributed by atoms with E-state index in [9.17, 15) is 14.4 Å². The van der Waals surface area contributed by atoms with E-state index in [2.05, 4.69) is 0 Å². The normalized spacial score (nSPS) is 17.4. The Balaban J connectivity index is 1.80. The molecule has 0 N–H and O–H groups in total. The minimum Gasteiger partial charge on any atom is -0.464 e. The van der Waals surface area contributed by atoms with Crippen LogP contribution in [0, 0.1) is 0 Å². The highest BCUT2D eigenvalue weighted by Crippen LogP contribution is 2.18. The molecule has 0 bridgehead atoms. The number of carbonyl (C=O) groups is 3. The molecule has 0 aliphatic carbocycles. The van der Waals surface area contributed by atoms with E-state index in [1.54, 1.807) is 25.1 Å². The van der Waals surface area contributed by atoms with Crippen molar-refractivity contribution >= 4 is 17.8 Å². The van der Waals surface area contributed by atoms with Crippen LogP contribution in [0.3, 0.4) is 0 Å². The molecule has 2 amide bonds. The first kappa shape index (κ1) is 16.8. The Hall–Kier alpha value is -3.03. The fourth-order valence-electron chi connectivity index (χ4n) is 2.75. The molecule has 1 fully saturated rings. The van der Waals surface area contributed by atoms with Gasteiger partial charge in [0.2, 0.25) is 0 Å². The maximum atomic E-state index is 12.6. The molecule has 8 heteroatoms. The van der Waals surface area contributed by atoms with E-state index in [0.717, 1.165) is 0 Å². The van der Waals surface area contributed by atoms with Gasteiger partial charge in [0.15, 0.2) is 11.5 Å². The van der Waals surface area contributed by atoms with Crippen LogP contribution >= 0.6 is 0 Å². The highest BCUT2D eigenvalue weighted by Gasteiger charge is 2.39. The number of carbonyl (C=O) groups excluding carboxylic acids is 3. The average molecular weight is 346 g/mol. The minimum absolute atomic E-state index is 0.0326. The molecule has 0 aromatic carbocycles. The van der Waals surface area contributed by atoms with Gasteiger partial charge in [-0.2, -0.15) is 0 Å². The second-order valence-corrected chi connectivity index (χ2v) is 5.47. The number of piperazine rings is 1. The molecule has 0 radical (unpaired) electrons. The second kappa shape index (κ2) is 7.25. The highest BCUT2D eigenvalue weighted by molar-refractivity contribution is 5.96. The molecule has 8 nitrogen and oxygen atoms in total. The van der Waals surface area contributed by atoms with E-state index in [0.29, 0.717) is 0 Å². The second-order valence-electron chi connectivity index (χ2n) is 5.47. The zero-order chi connectivity index (χ0) is 17.8. The van der Waals surface area contributed by atoms with Crippen LogP contribution in [-0.2, 0) is 9.53 Å². The van der Waals surface area contributed by atoms with Gasteiger partial charge < -0.3 is 23.4 Å². The molecule has 0 spiro atoms. The molecule has 1 aliphatic rings. The predicted molar refractivity (Wildman–Crippen MR) is 84.8 cm³/mol. The minimum atomic E-state index is -0.898. The summed E-state index contributed by atoms with van der Waals surface area (Å²) in [5.41, 5.74) is 0. The van der Waals surface area contributed by atoms with E-state index in [-0.39, 0.29) is 43.7 Å². The van der Waals surface area contributed by atoms with Crippen LogP contribution in [0.1, 0.15) is 28.0 Å². The van der Waals surface area contributed by atoms with Crippen molar-refractivity contribution in [1.29, 1.82) is 0 Å². The lowest BCUT2D eigenvalue weighted by atomic mass is 10.1. The fourth-order valence-corrected chi connectivity index (χ4v) is 2.75. The monoisotopic (exact) mass is 346 g/mol. The lowest BCUT2D eigenvalue weighted by Crippen LogP contribution is -2.59. The summed E-state index contributed by atoms with van der Waals surface area (Å²) in [7, 11) is 0. The highest BCUT2D eigenvalue weighted by atomic mass is 16.5. The van der Waals surface area contributed by atoms with E-state index in [1.807, 2.05) is 0 Å². The Morgan fingerprint density at radius 1 is 1.08 bits per heavy atom. The number of rotatable bonds is 4. The maximum Gasteiger partial charge on any atom is 0.330 e. The molecular formula is C17H18N2O6. The maximum absolute atomic E-state index is 12.6. The van der Waals surface area contributed by atoms with Crippen molar-refractivity contribution in [2.24, 2.45) is 0 Å². The summed E-state index contributed by atoms with van der Waals surface area (Å²) in [6.45, 7) is 2.37. The van der Waals surface area contributed by atoms with E-state index < -0.39 is 17.9 Å². The van der Waals surface area contributed by atoms with Gasteiger partial charge in [-0.3, -0.25) is 9.59 Å². The van der Waals surface area contributed by atoms with E-state index >= 15 is 0 Å². The SMILES string of the molecule is CCOC(=O)[C@H]1CN(C(=O)c2ccco2)CCN1C(=O)c1ccco1. The first-order chi connectivity index (χ1) is 12.1.